The van der Waals surface area contributed by atoms with Crippen molar-refractivity contribution in [3.05, 3.63) is 84.6 Å². The van der Waals surface area contributed by atoms with E-state index in [2.05, 4.69) is 10.3 Å². The fraction of sp³-hybridized carbons (Fsp3) is 0.0909. The molecule has 0 saturated carbocycles. The second kappa shape index (κ2) is 7.52. The molecule has 0 radical (unpaired) electrons. The molecule has 0 spiro atoms. The first-order valence-electron chi connectivity index (χ1n) is 8.78. The molecule has 28 heavy (non-hydrogen) atoms. The smallest absolute Gasteiger partial charge is 0.228 e. The molecule has 0 atom stereocenters. The van der Waals surface area contributed by atoms with Crippen molar-refractivity contribution >= 4 is 22.5 Å². The van der Waals surface area contributed by atoms with Gasteiger partial charge >= 0.3 is 0 Å². The maximum absolute atomic E-state index is 13.3. The van der Waals surface area contributed by atoms with E-state index in [0.29, 0.717) is 11.4 Å². The van der Waals surface area contributed by atoms with E-state index in [-0.39, 0.29) is 18.1 Å². The van der Waals surface area contributed by atoms with E-state index in [9.17, 15) is 9.18 Å². The number of aromatic nitrogens is 2. The Hall–Kier alpha value is -3.67. The summed E-state index contributed by atoms with van der Waals surface area (Å²) in [5.74, 6) is 0.283. The van der Waals surface area contributed by atoms with Gasteiger partial charge in [-0.25, -0.2) is 4.39 Å². The quantitative estimate of drug-likeness (QED) is 0.564. The molecule has 1 amide bonds. The van der Waals surface area contributed by atoms with Crippen LogP contribution in [0.4, 0.5) is 10.1 Å². The van der Waals surface area contributed by atoms with Gasteiger partial charge in [-0.05, 0) is 60.2 Å². The maximum atomic E-state index is 13.3. The van der Waals surface area contributed by atoms with Gasteiger partial charge in [-0.3, -0.25) is 9.78 Å². The highest BCUT2D eigenvalue weighted by Crippen LogP contribution is 2.29. The van der Waals surface area contributed by atoms with Gasteiger partial charge < -0.3 is 14.6 Å². The second-order valence-corrected chi connectivity index (χ2v) is 6.34. The third kappa shape index (κ3) is 3.57. The molecule has 0 unspecified atom stereocenters. The first-order valence-corrected chi connectivity index (χ1v) is 8.78. The molecule has 5 nitrogen and oxygen atoms in total. The van der Waals surface area contributed by atoms with Crippen molar-refractivity contribution in [3.8, 4) is 11.4 Å². The van der Waals surface area contributed by atoms with E-state index < -0.39 is 0 Å². The highest BCUT2D eigenvalue weighted by molar-refractivity contribution is 5.96. The summed E-state index contributed by atoms with van der Waals surface area (Å²) in [7, 11) is 1.61. The van der Waals surface area contributed by atoms with Crippen LogP contribution in [-0.2, 0) is 11.2 Å². The number of hydrogen-bond donors (Lipinski definition) is 1. The van der Waals surface area contributed by atoms with Crippen molar-refractivity contribution in [1.29, 1.82) is 0 Å². The number of rotatable bonds is 5. The van der Waals surface area contributed by atoms with Crippen LogP contribution in [-0.4, -0.2) is 22.6 Å². The predicted molar refractivity (Wildman–Crippen MR) is 106 cm³/mol. The number of amides is 1. The van der Waals surface area contributed by atoms with Crippen molar-refractivity contribution in [2.45, 2.75) is 6.42 Å². The molecular formula is C22H18FN3O2. The monoisotopic (exact) mass is 375 g/mol. The van der Waals surface area contributed by atoms with Crippen LogP contribution in [0.2, 0.25) is 0 Å². The minimum absolute atomic E-state index is 0.132. The average Bonchev–Trinajstić information content (AvgIpc) is 3.06. The number of nitrogens with zero attached hydrogens (tertiary/aromatic N) is 2. The lowest BCUT2D eigenvalue weighted by atomic mass is 10.1. The third-order valence-corrected chi connectivity index (χ3v) is 4.51. The maximum Gasteiger partial charge on any atom is 0.228 e. The number of carbonyl (C=O) groups excluding carboxylic acids is 1. The zero-order chi connectivity index (χ0) is 19.5. The van der Waals surface area contributed by atoms with Crippen LogP contribution in [0.15, 0.2) is 73.2 Å². The Labute approximate surface area is 161 Å². The first kappa shape index (κ1) is 17.7. The van der Waals surface area contributed by atoms with Crippen molar-refractivity contribution in [2.75, 3.05) is 12.4 Å². The Morgan fingerprint density at radius 1 is 1.11 bits per heavy atom. The second-order valence-electron chi connectivity index (χ2n) is 6.34. The summed E-state index contributed by atoms with van der Waals surface area (Å²) in [6, 6.07) is 15.4. The van der Waals surface area contributed by atoms with Crippen molar-refractivity contribution in [2.24, 2.45) is 0 Å². The minimum atomic E-state index is -0.293. The number of fused-ring (bicyclic) bond motifs is 1. The van der Waals surface area contributed by atoms with Crippen LogP contribution < -0.4 is 10.1 Å². The molecule has 2 aromatic heterocycles. The van der Waals surface area contributed by atoms with Crippen molar-refractivity contribution in [3.63, 3.8) is 0 Å². The first-order chi connectivity index (χ1) is 13.6. The van der Waals surface area contributed by atoms with Gasteiger partial charge in [-0.15, -0.1) is 0 Å². The summed E-state index contributed by atoms with van der Waals surface area (Å²) in [6.07, 6.45) is 5.35. The topological polar surface area (TPSA) is 56.1 Å². The van der Waals surface area contributed by atoms with Crippen LogP contribution in [0.5, 0.6) is 5.75 Å². The molecule has 0 saturated heterocycles. The van der Waals surface area contributed by atoms with E-state index in [0.717, 1.165) is 22.2 Å². The van der Waals surface area contributed by atoms with Crippen LogP contribution in [0, 0.1) is 5.82 Å². The fourth-order valence-electron chi connectivity index (χ4n) is 3.17. The van der Waals surface area contributed by atoms with Crippen LogP contribution in [0.25, 0.3) is 16.6 Å². The minimum Gasteiger partial charge on any atom is -0.497 e. The molecule has 0 aliphatic rings. The van der Waals surface area contributed by atoms with Gasteiger partial charge in [-0.2, -0.15) is 0 Å². The molecule has 2 heterocycles. The molecule has 0 bridgehead atoms. The highest BCUT2D eigenvalue weighted by atomic mass is 19.1. The van der Waals surface area contributed by atoms with Gasteiger partial charge in [0.15, 0.2) is 0 Å². The molecule has 0 fully saturated rings. The Balaban J connectivity index is 1.72. The van der Waals surface area contributed by atoms with Gasteiger partial charge in [0.2, 0.25) is 5.91 Å². The Morgan fingerprint density at radius 3 is 2.57 bits per heavy atom. The number of nitrogens with one attached hydrogen (secondary N) is 1. The largest absolute Gasteiger partial charge is 0.497 e. The van der Waals surface area contributed by atoms with Gasteiger partial charge in [0, 0.05) is 35.4 Å². The van der Waals surface area contributed by atoms with E-state index in [1.54, 1.807) is 43.8 Å². The normalized spacial score (nSPS) is 10.8. The lowest BCUT2D eigenvalue weighted by Gasteiger charge is -2.06. The van der Waals surface area contributed by atoms with Crippen LogP contribution in [0.1, 0.15) is 5.56 Å². The van der Waals surface area contributed by atoms with Gasteiger partial charge in [0.25, 0.3) is 0 Å². The molecule has 2 aromatic carbocycles. The summed E-state index contributed by atoms with van der Waals surface area (Å²) in [6.45, 7) is 0. The number of anilines is 1. The van der Waals surface area contributed by atoms with Gasteiger partial charge in [-0.1, -0.05) is 0 Å². The molecular weight excluding hydrogens is 357 g/mol. The van der Waals surface area contributed by atoms with Crippen LogP contribution in [0.3, 0.4) is 0 Å². The Kier molecular flexibility index (Phi) is 4.76. The summed E-state index contributed by atoms with van der Waals surface area (Å²) < 4.78 is 20.6. The molecule has 0 aliphatic carbocycles. The predicted octanol–water partition coefficient (Wildman–Crippen LogP) is 4.35. The third-order valence-electron chi connectivity index (χ3n) is 4.51. The lowest BCUT2D eigenvalue weighted by molar-refractivity contribution is -0.115. The summed E-state index contributed by atoms with van der Waals surface area (Å²) >= 11 is 0. The highest BCUT2D eigenvalue weighted by Gasteiger charge is 2.14. The number of halogens is 1. The SMILES string of the molecule is COc1ccc2c(c1)c(CC(=O)Nc1ccncc1)cn2-c1ccc(F)cc1. The number of ether oxygens (including phenoxy) is 1. The van der Waals surface area contributed by atoms with Crippen molar-refractivity contribution < 1.29 is 13.9 Å². The van der Waals surface area contributed by atoms with E-state index in [1.807, 2.05) is 29.0 Å². The van der Waals surface area contributed by atoms with Gasteiger partial charge in [0.1, 0.15) is 11.6 Å². The van der Waals surface area contributed by atoms with E-state index >= 15 is 0 Å². The molecule has 4 rings (SSSR count). The Morgan fingerprint density at radius 2 is 1.86 bits per heavy atom. The van der Waals surface area contributed by atoms with Gasteiger partial charge in [0.05, 0.1) is 19.0 Å². The number of carbonyl (C=O) groups is 1. The van der Waals surface area contributed by atoms with E-state index in [4.69, 9.17) is 4.74 Å². The zero-order valence-corrected chi connectivity index (χ0v) is 15.2. The Bertz CT molecular complexity index is 1120. The summed E-state index contributed by atoms with van der Waals surface area (Å²) in [5, 5.41) is 3.78. The summed E-state index contributed by atoms with van der Waals surface area (Å²) in [4.78, 5) is 16.5. The molecule has 4 aromatic rings. The zero-order valence-electron chi connectivity index (χ0n) is 15.2. The lowest BCUT2D eigenvalue weighted by Crippen LogP contribution is -2.14. The molecule has 140 valence electrons. The number of methoxy groups -OCH3 is 1. The molecule has 0 aliphatic heterocycles. The van der Waals surface area contributed by atoms with Crippen molar-refractivity contribution in [1.82, 2.24) is 9.55 Å². The van der Waals surface area contributed by atoms with E-state index in [1.165, 1.54) is 12.1 Å². The summed E-state index contributed by atoms with van der Waals surface area (Å²) in [5.41, 5.74) is 3.28. The van der Waals surface area contributed by atoms with Crippen LogP contribution >= 0.6 is 0 Å². The number of pyridine rings is 1. The number of hydrogen-bond acceptors (Lipinski definition) is 3. The fourth-order valence-corrected chi connectivity index (χ4v) is 3.17. The number of benzene rings is 2. The standard InChI is InChI=1S/C22H18FN3O2/c1-28-19-6-7-21-20(13-19)15(12-22(27)25-17-8-10-24-11-9-17)14-26(21)18-4-2-16(23)3-5-18/h2-11,13-14H,12H2,1H3,(H,24,25,27). The average molecular weight is 375 g/mol. The molecule has 1 N–H and O–H groups in total. The molecule has 6 heteroatoms.